The molecule has 1 aromatic carbocycles. The summed E-state index contributed by atoms with van der Waals surface area (Å²) in [5.74, 6) is -1.26. The van der Waals surface area contributed by atoms with Gasteiger partial charge in [-0.15, -0.1) is 0 Å². The van der Waals surface area contributed by atoms with Crippen LogP contribution in [0, 0.1) is 5.21 Å². The van der Waals surface area contributed by atoms with E-state index < -0.39 is 29.8 Å². The highest BCUT2D eigenvalue weighted by molar-refractivity contribution is 5.73. The molecular weight excluding hydrogens is 255 g/mol. The summed E-state index contributed by atoms with van der Waals surface area (Å²) in [5, 5.41) is 19.7. The maximum Gasteiger partial charge on any atom is 0.416 e. The lowest BCUT2D eigenvalue weighted by atomic mass is 10.1. The van der Waals surface area contributed by atoms with Gasteiger partial charge in [-0.05, 0) is 17.7 Å². The lowest BCUT2D eigenvalue weighted by molar-refractivity contribution is -0.137. The first-order valence-electron chi connectivity index (χ1n) is 4.69. The van der Waals surface area contributed by atoms with Crippen molar-refractivity contribution in [1.82, 2.24) is 0 Å². The molecule has 0 saturated heterocycles. The number of benzene rings is 1. The summed E-state index contributed by atoms with van der Waals surface area (Å²) in [6.45, 7) is 0. The maximum atomic E-state index is 12.5. The molecule has 0 spiro atoms. The van der Waals surface area contributed by atoms with Crippen molar-refractivity contribution >= 4 is 11.7 Å². The van der Waals surface area contributed by atoms with Crippen molar-refractivity contribution in [3.05, 3.63) is 34.5 Å². The van der Waals surface area contributed by atoms with Gasteiger partial charge in [0, 0.05) is 0 Å². The zero-order valence-electron chi connectivity index (χ0n) is 9.19. The minimum atomic E-state index is -4.62. The highest BCUT2D eigenvalue weighted by Gasteiger charge is 2.31. The number of halogens is 3. The first kappa shape index (κ1) is 14.3. The monoisotopic (exact) mass is 264 g/mol. The number of hydrogen-bond donors (Lipinski definition) is 1. The van der Waals surface area contributed by atoms with Gasteiger partial charge in [-0.25, -0.2) is 0 Å². The molecule has 1 N–H and O–H groups in total. The van der Waals surface area contributed by atoms with Crippen LogP contribution in [0.4, 0.5) is 18.9 Å². The Labute approximate surface area is 99.9 Å². The molecule has 0 bridgehead atoms. The van der Waals surface area contributed by atoms with E-state index in [4.69, 9.17) is 5.11 Å². The van der Waals surface area contributed by atoms with Crippen LogP contribution in [0.1, 0.15) is 11.1 Å². The highest BCUT2D eigenvalue weighted by atomic mass is 19.4. The summed E-state index contributed by atoms with van der Waals surface area (Å²) in [4.78, 5) is 14.8. The third-order valence-electron chi connectivity index (χ3n) is 2.12. The molecule has 0 unspecified atom stereocenters. The van der Waals surface area contributed by atoms with Gasteiger partial charge in [0.2, 0.25) is 0 Å². The van der Waals surface area contributed by atoms with E-state index in [0.717, 1.165) is 13.2 Å². The minimum absolute atomic E-state index is 0.0626. The summed E-state index contributed by atoms with van der Waals surface area (Å²) < 4.78 is 37.4. The van der Waals surface area contributed by atoms with E-state index in [2.05, 4.69) is 4.84 Å². The Morgan fingerprint density at radius 1 is 1.50 bits per heavy atom. The Balaban J connectivity index is 3.24. The van der Waals surface area contributed by atoms with Crippen LogP contribution in [0.15, 0.2) is 18.2 Å². The number of anilines is 1. The summed E-state index contributed by atoms with van der Waals surface area (Å²) in [5.41, 5.74) is -1.59. The molecule has 0 aromatic heterocycles. The van der Waals surface area contributed by atoms with Crippen LogP contribution in [0.3, 0.4) is 0 Å². The van der Waals surface area contributed by atoms with Crippen LogP contribution in [-0.4, -0.2) is 18.2 Å². The molecule has 0 aliphatic rings. The molecule has 0 aliphatic carbocycles. The highest BCUT2D eigenvalue weighted by Crippen LogP contribution is 2.33. The molecule has 8 heteroatoms. The molecule has 100 valence electrons. The number of carboxylic acid groups (broad SMARTS) is 1. The largest absolute Gasteiger partial charge is 0.733 e. The van der Waals surface area contributed by atoms with E-state index in [0.29, 0.717) is 12.1 Å². The molecule has 0 atom stereocenters. The average molecular weight is 264 g/mol. The van der Waals surface area contributed by atoms with E-state index in [1.807, 2.05) is 0 Å². The smallest absolute Gasteiger partial charge is 0.416 e. The van der Waals surface area contributed by atoms with Gasteiger partial charge in [0.1, 0.15) is 0 Å². The van der Waals surface area contributed by atoms with Crippen LogP contribution in [0.25, 0.3) is 0 Å². The lowest BCUT2D eigenvalue weighted by Crippen LogP contribution is -2.17. The molecule has 0 aliphatic heterocycles. The van der Waals surface area contributed by atoms with Crippen molar-refractivity contribution in [2.75, 3.05) is 12.3 Å². The molecule has 0 amide bonds. The Morgan fingerprint density at radius 3 is 2.56 bits per heavy atom. The fraction of sp³-hybridized carbons (Fsp3) is 0.300. The molecular formula is C10H9F3NO4-. The Kier molecular flexibility index (Phi) is 4.15. The van der Waals surface area contributed by atoms with Crippen LogP contribution in [0.5, 0.6) is 0 Å². The quantitative estimate of drug-likeness (QED) is 0.844. The van der Waals surface area contributed by atoms with Crippen LogP contribution in [0.2, 0.25) is 0 Å². The Morgan fingerprint density at radius 2 is 2.11 bits per heavy atom. The van der Waals surface area contributed by atoms with Crippen molar-refractivity contribution in [3.8, 4) is 0 Å². The van der Waals surface area contributed by atoms with Crippen LogP contribution >= 0.6 is 0 Å². The average Bonchev–Trinajstić information content (AvgIpc) is 2.26. The van der Waals surface area contributed by atoms with Gasteiger partial charge in [-0.1, -0.05) is 6.07 Å². The fourth-order valence-corrected chi connectivity index (χ4v) is 1.32. The Hall–Kier alpha value is -1.80. The fourth-order valence-electron chi connectivity index (χ4n) is 1.32. The van der Waals surface area contributed by atoms with Crippen molar-refractivity contribution in [2.45, 2.75) is 12.6 Å². The SMILES string of the molecule is CON([O-])c1cc(C(F)(F)F)ccc1CC(=O)O. The number of rotatable bonds is 4. The summed E-state index contributed by atoms with van der Waals surface area (Å²) >= 11 is 0. The normalized spacial score (nSPS) is 11.4. The standard InChI is InChI=1S/C10H9F3NO4/c1-18-14(17)8-5-7(10(11,12)13)3-2-6(8)4-9(15)16/h2-3,5H,4H2,1H3,(H,15,16)/q-1. The predicted molar refractivity (Wildman–Crippen MR) is 55.6 cm³/mol. The molecule has 1 rings (SSSR count). The number of carboxylic acids is 1. The van der Waals surface area contributed by atoms with Gasteiger partial charge >= 0.3 is 12.1 Å². The topological polar surface area (TPSA) is 72.8 Å². The summed E-state index contributed by atoms with van der Waals surface area (Å²) in [7, 11) is 0.970. The van der Waals surface area contributed by atoms with E-state index in [1.165, 1.54) is 0 Å². The summed E-state index contributed by atoms with van der Waals surface area (Å²) in [6.07, 6.45) is -5.19. The van der Waals surface area contributed by atoms with Crippen LogP contribution in [-0.2, 0) is 22.2 Å². The summed E-state index contributed by atoms with van der Waals surface area (Å²) in [6, 6.07) is 2.20. The molecule has 0 radical (unpaired) electrons. The van der Waals surface area contributed by atoms with Gasteiger partial charge in [0.05, 0.1) is 24.8 Å². The van der Waals surface area contributed by atoms with Gasteiger partial charge in [-0.3, -0.25) is 9.63 Å². The van der Waals surface area contributed by atoms with E-state index in [9.17, 15) is 23.2 Å². The Bertz CT molecular complexity index is 447. The molecule has 0 saturated carbocycles. The number of alkyl halides is 3. The van der Waals surface area contributed by atoms with Crippen LogP contribution < -0.4 is 5.23 Å². The second-order valence-corrected chi connectivity index (χ2v) is 3.35. The third kappa shape index (κ3) is 3.34. The number of hydrogen-bond acceptors (Lipinski definition) is 4. The van der Waals surface area contributed by atoms with Gasteiger partial charge < -0.3 is 15.5 Å². The molecule has 18 heavy (non-hydrogen) atoms. The van der Waals surface area contributed by atoms with Gasteiger partial charge in [-0.2, -0.15) is 13.2 Å². The first-order valence-corrected chi connectivity index (χ1v) is 4.69. The van der Waals surface area contributed by atoms with Crippen molar-refractivity contribution in [1.29, 1.82) is 0 Å². The molecule has 1 aromatic rings. The van der Waals surface area contributed by atoms with Crippen molar-refractivity contribution < 1.29 is 27.9 Å². The molecule has 0 fully saturated rings. The first-order chi connectivity index (χ1) is 8.25. The third-order valence-corrected chi connectivity index (χ3v) is 2.12. The van der Waals surface area contributed by atoms with Gasteiger partial charge in [0.15, 0.2) is 0 Å². The zero-order chi connectivity index (χ0) is 13.9. The maximum absolute atomic E-state index is 12.5. The van der Waals surface area contributed by atoms with Crippen molar-refractivity contribution in [2.24, 2.45) is 0 Å². The van der Waals surface area contributed by atoms with E-state index in [-0.39, 0.29) is 10.8 Å². The zero-order valence-corrected chi connectivity index (χ0v) is 9.19. The number of carbonyl (C=O) groups is 1. The van der Waals surface area contributed by atoms with Gasteiger partial charge in [0.25, 0.3) is 0 Å². The number of aliphatic carboxylic acids is 1. The predicted octanol–water partition coefficient (Wildman–Crippen LogP) is 2.20. The number of nitrogens with zero attached hydrogens (tertiary/aromatic N) is 1. The van der Waals surface area contributed by atoms with Crippen molar-refractivity contribution in [3.63, 3.8) is 0 Å². The van der Waals surface area contributed by atoms with E-state index >= 15 is 0 Å². The molecule has 5 nitrogen and oxygen atoms in total. The van der Waals surface area contributed by atoms with E-state index in [1.54, 1.807) is 0 Å². The second kappa shape index (κ2) is 5.23. The second-order valence-electron chi connectivity index (χ2n) is 3.35. The molecule has 0 heterocycles. The lowest BCUT2D eigenvalue weighted by Gasteiger charge is -2.29. The minimum Gasteiger partial charge on any atom is -0.733 e.